The van der Waals surface area contributed by atoms with Crippen LogP contribution in [0.25, 0.3) is 0 Å². The van der Waals surface area contributed by atoms with E-state index in [1.165, 1.54) is 71.2 Å². The fourth-order valence-corrected chi connectivity index (χ4v) is 5.32. The number of hydrogen-bond acceptors (Lipinski definition) is 3. The normalized spacial score (nSPS) is 38.1. The summed E-state index contributed by atoms with van der Waals surface area (Å²) >= 11 is 0. The Kier molecular flexibility index (Phi) is 4.92. The molecule has 3 rings (SSSR count). The van der Waals surface area contributed by atoms with Gasteiger partial charge in [0.15, 0.2) is 0 Å². The molecule has 3 fully saturated rings. The van der Waals surface area contributed by atoms with Crippen LogP contribution >= 0.6 is 0 Å². The summed E-state index contributed by atoms with van der Waals surface area (Å²) in [6, 6.07) is 1.55. The van der Waals surface area contributed by atoms with Crippen molar-refractivity contribution in [2.24, 2.45) is 11.3 Å². The summed E-state index contributed by atoms with van der Waals surface area (Å²) in [6.45, 7) is 11.5. The monoisotopic (exact) mass is 293 g/mol. The molecule has 2 saturated heterocycles. The molecule has 1 saturated carbocycles. The van der Waals surface area contributed by atoms with E-state index in [1.807, 2.05) is 0 Å². The molecule has 122 valence electrons. The molecule has 21 heavy (non-hydrogen) atoms. The molecule has 3 atom stereocenters. The highest BCUT2D eigenvalue weighted by atomic mass is 15.3. The van der Waals surface area contributed by atoms with Crippen LogP contribution in [0.4, 0.5) is 0 Å². The summed E-state index contributed by atoms with van der Waals surface area (Å²) < 4.78 is 0. The number of rotatable bonds is 3. The average molecular weight is 293 g/mol. The third-order valence-electron chi connectivity index (χ3n) is 6.43. The van der Waals surface area contributed by atoms with Crippen LogP contribution in [0.2, 0.25) is 0 Å². The number of piperazine rings is 1. The Hall–Kier alpha value is -0.120. The maximum atomic E-state index is 3.65. The molecule has 1 aliphatic carbocycles. The zero-order valence-corrected chi connectivity index (χ0v) is 14.4. The SMILES string of the molecule is CNC1C(CN2CCN3CCCCC3C2)CCCC1(C)C. The first-order valence-electron chi connectivity index (χ1n) is 9.24. The largest absolute Gasteiger partial charge is 0.316 e. The van der Waals surface area contributed by atoms with Crippen molar-refractivity contribution in [3.8, 4) is 0 Å². The van der Waals surface area contributed by atoms with Crippen LogP contribution in [0.1, 0.15) is 52.4 Å². The number of hydrogen-bond donors (Lipinski definition) is 1. The van der Waals surface area contributed by atoms with Crippen LogP contribution in [0.3, 0.4) is 0 Å². The Morgan fingerprint density at radius 3 is 2.71 bits per heavy atom. The first-order valence-corrected chi connectivity index (χ1v) is 9.24. The van der Waals surface area contributed by atoms with Crippen LogP contribution in [-0.4, -0.2) is 61.7 Å². The summed E-state index contributed by atoms with van der Waals surface area (Å²) in [6.07, 6.45) is 8.52. The van der Waals surface area contributed by atoms with Crippen molar-refractivity contribution in [2.75, 3.05) is 39.8 Å². The molecule has 3 aliphatic rings. The van der Waals surface area contributed by atoms with Gasteiger partial charge in [-0.15, -0.1) is 0 Å². The van der Waals surface area contributed by atoms with Gasteiger partial charge in [-0.3, -0.25) is 4.90 Å². The van der Waals surface area contributed by atoms with Gasteiger partial charge in [0.25, 0.3) is 0 Å². The van der Waals surface area contributed by atoms with Gasteiger partial charge < -0.3 is 10.2 Å². The van der Waals surface area contributed by atoms with Gasteiger partial charge >= 0.3 is 0 Å². The third kappa shape index (κ3) is 3.46. The standard InChI is InChI=1S/C18H35N3/c1-18(2)9-6-7-15(17(18)19-3)13-20-11-12-21-10-5-4-8-16(21)14-20/h15-17,19H,4-14H2,1-3H3. The van der Waals surface area contributed by atoms with Crippen molar-refractivity contribution in [1.82, 2.24) is 15.1 Å². The zero-order chi connectivity index (χ0) is 14.9. The molecule has 3 unspecified atom stereocenters. The van der Waals surface area contributed by atoms with Gasteiger partial charge in [0.2, 0.25) is 0 Å². The third-order valence-corrected chi connectivity index (χ3v) is 6.43. The summed E-state index contributed by atoms with van der Waals surface area (Å²) in [7, 11) is 2.17. The summed E-state index contributed by atoms with van der Waals surface area (Å²) in [5, 5.41) is 3.65. The van der Waals surface area contributed by atoms with E-state index in [-0.39, 0.29) is 0 Å². The molecule has 3 nitrogen and oxygen atoms in total. The molecule has 0 aromatic rings. The first-order chi connectivity index (χ1) is 10.1. The van der Waals surface area contributed by atoms with Gasteiger partial charge in [-0.25, -0.2) is 0 Å². The van der Waals surface area contributed by atoms with Crippen molar-refractivity contribution in [2.45, 2.75) is 64.5 Å². The van der Waals surface area contributed by atoms with Gasteiger partial charge in [-0.1, -0.05) is 26.7 Å². The Morgan fingerprint density at radius 1 is 1.05 bits per heavy atom. The van der Waals surface area contributed by atoms with Crippen LogP contribution in [0.5, 0.6) is 0 Å². The Bertz CT molecular complexity index is 341. The Balaban J connectivity index is 1.58. The van der Waals surface area contributed by atoms with Crippen LogP contribution in [0, 0.1) is 11.3 Å². The highest BCUT2D eigenvalue weighted by molar-refractivity contribution is 4.95. The van der Waals surface area contributed by atoms with E-state index in [0.29, 0.717) is 11.5 Å². The minimum atomic E-state index is 0.463. The van der Waals surface area contributed by atoms with Crippen molar-refractivity contribution in [3.05, 3.63) is 0 Å². The van der Waals surface area contributed by atoms with Crippen molar-refractivity contribution in [3.63, 3.8) is 0 Å². The quantitative estimate of drug-likeness (QED) is 0.863. The van der Waals surface area contributed by atoms with Gasteiger partial charge in [0.1, 0.15) is 0 Å². The van der Waals surface area contributed by atoms with Crippen molar-refractivity contribution < 1.29 is 0 Å². The maximum absolute atomic E-state index is 3.65. The molecule has 2 aliphatic heterocycles. The minimum absolute atomic E-state index is 0.463. The number of nitrogens with one attached hydrogen (secondary N) is 1. The topological polar surface area (TPSA) is 18.5 Å². The van der Waals surface area contributed by atoms with E-state index in [4.69, 9.17) is 0 Å². The number of fused-ring (bicyclic) bond motifs is 1. The van der Waals surface area contributed by atoms with Gasteiger partial charge in [-0.05, 0) is 50.6 Å². The van der Waals surface area contributed by atoms with E-state index in [0.717, 1.165) is 12.0 Å². The van der Waals surface area contributed by atoms with E-state index >= 15 is 0 Å². The van der Waals surface area contributed by atoms with E-state index in [2.05, 4.69) is 36.0 Å². The molecule has 0 aromatic carbocycles. The molecule has 1 N–H and O–H groups in total. The molecule has 0 amide bonds. The summed E-state index contributed by atoms with van der Waals surface area (Å²) in [5.74, 6) is 0.842. The second-order valence-electron chi connectivity index (χ2n) is 8.35. The molecular formula is C18H35N3. The molecule has 3 heteroatoms. The molecule has 0 bridgehead atoms. The predicted octanol–water partition coefficient (Wildman–Crippen LogP) is 2.57. The number of piperidine rings is 1. The van der Waals surface area contributed by atoms with E-state index in [1.54, 1.807) is 0 Å². The van der Waals surface area contributed by atoms with Gasteiger partial charge in [0.05, 0.1) is 0 Å². The molecule has 0 spiro atoms. The Morgan fingerprint density at radius 2 is 1.90 bits per heavy atom. The molecular weight excluding hydrogens is 258 g/mol. The lowest BCUT2D eigenvalue weighted by molar-refractivity contribution is 0.0214. The van der Waals surface area contributed by atoms with E-state index in [9.17, 15) is 0 Å². The average Bonchev–Trinajstić information content (AvgIpc) is 2.46. The first kappa shape index (κ1) is 15.8. The smallest absolute Gasteiger partial charge is 0.0223 e. The van der Waals surface area contributed by atoms with Crippen molar-refractivity contribution >= 4 is 0 Å². The van der Waals surface area contributed by atoms with Crippen LogP contribution in [-0.2, 0) is 0 Å². The molecule has 0 aromatic heterocycles. The lowest BCUT2D eigenvalue weighted by atomic mass is 9.67. The fraction of sp³-hybridized carbons (Fsp3) is 1.00. The zero-order valence-electron chi connectivity index (χ0n) is 14.4. The lowest BCUT2D eigenvalue weighted by Crippen LogP contribution is -2.58. The molecule has 0 radical (unpaired) electrons. The van der Waals surface area contributed by atoms with Crippen LogP contribution < -0.4 is 5.32 Å². The fourth-order valence-electron chi connectivity index (χ4n) is 5.32. The van der Waals surface area contributed by atoms with Gasteiger partial charge in [0, 0.05) is 38.3 Å². The molecule has 2 heterocycles. The summed E-state index contributed by atoms with van der Waals surface area (Å²) in [4.78, 5) is 5.53. The van der Waals surface area contributed by atoms with Gasteiger partial charge in [-0.2, -0.15) is 0 Å². The van der Waals surface area contributed by atoms with E-state index < -0.39 is 0 Å². The van der Waals surface area contributed by atoms with Crippen molar-refractivity contribution in [1.29, 1.82) is 0 Å². The maximum Gasteiger partial charge on any atom is 0.0223 e. The highest BCUT2D eigenvalue weighted by Crippen LogP contribution is 2.39. The minimum Gasteiger partial charge on any atom is -0.316 e. The Labute approximate surface area is 131 Å². The predicted molar refractivity (Wildman–Crippen MR) is 89.6 cm³/mol. The van der Waals surface area contributed by atoms with Crippen LogP contribution in [0.15, 0.2) is 0 Å². The lowest BCUT2D eigenvalue weighted by Gasteiger charge is -2.48. The number of nitrogens with zero attached hydrogens (tertiary/aromatic N) is 2. The second-order valence-corrected chi connectivity index (χ2v) is 8.35. The second kappa shape index (κ2) is 6.55. The highest BCUT2D eigenvalue weighted by Gasteiger charge is 2.39. The summed E-state index contributed by atoms with van der Waals surface area (Å²) in [5.41, 5.74) is 0.463.